The summed E-state index contributed by atoms with van der Waals surface area (Å²) in [4.78, 5) is 24.6. The van der Waals surface area contributed by atoms with E-state index in [-0.39, 0.29) is 34.6 Å². The average Bonchev–Trinajstić information content (AvgIpc) is 2.81. The molecule has 0 aliphatic carbocycles. The standard InChI is InChI=1S/C24H28FN3O4S/c1-5-21-22(17-8-11-19(31-4)20(12-17)32-14-25)27-28(24(30)33-21)13-16-6-9-18(10-7-16)26-23(29)15(2)3/h6-12,15,21H,5,13-14H2,1-4H3,(H,26,29). The molecule has 1 aliphatic heterocycles. The van der Waals surface area contributed by atoms with Crippen LogP contribution in [0.5, 0.6) is 11.5 Å². The molecular weight excluding hydrogens is 445 g/mol. The van der Waals surface area contributed by atoms with Crippen molar-refractivity contribution >= 4 is 34.3 Å². The van der Waals surface area contributed by atoms with Crippen molar-refractivity contribution in [3.8, 4) is 11.5 Å². The van der Waals surface area contributed by atoms with Crippen molar-refractivity contribution < 1.29 is 23.5 Å². The molecule has 3 rings (SSSR count). The van der Waals surface area contributed by atoms with Crippen LogP contribution in [0.3, 0.4) is 0 Å². The number of benzene rings is 2. The Balaban J connectivity index is 1.84. The normalized spacial score (nSPS) is 15.9. The van der Waals surface area contributed by atoms with Crippen molar-refractivity contribution in [2.45, 2.75) is 39.0 Å². The van der Waals surface area contributed by atoms with Crippen molar-refractivity contribution in [3.63, 3.8) is 0 Å². The van der Waals surface area contributed by atoms with Crippen LogP contribution in [0.15, 0.2) is 47.6 Å². The zero-order chi connectivity index (χ0) is 24.0. The molecule has 0 fully saturated rings. The van der Waals surface area contributed by atoms with Gasteiger partial charge in [0.25, 0.3) is 0 Å². The van der Waals surface area contributed by atoms with Crippen molar-refractivity contribution in [2.75, 3.05) is 19.3 Å². The summed E-state index contributed by atoms with van der Waals surface area (Å²) >= 11 is 1.21. The second kappa shape index (κ2) is 11.2. The van der Waals surface area contributed by atoms with Gasteiger partial charge in [-0.05, 0) is 42.3 Å². The first-order chi connectivity index (χ1) is 15.9. The van der Waals surface area contributed by atoms with Crippen molar-refractivity contribution in [2.24, 2.45) is 11.0 Å². The molecule has 1 unspecified atom stereocenters. The minimum Gasteiger partial charge on any atom is -0.493 e. The summed E-state index contributed by atoms with van der Waals surface area (Å²) in [6.45, 7) is 4.96. The van der Waals surface area contributed by atoms with Crippen LogP contribution in [0.25, 0.3) is 0 Å². The fourth-order valence-corrected chi connectivity index (χ4v) is 4.19. The Bertz CT molecular complexity index is 1030. The second-order valence-corrected chi connectivity index (χ2v) is 8.94. The first-order valence-corrected chi connectivity index (χ1v) is 11.6. The molecule has 33 heavy (non-hydrogen) atoms. The number of anilines is 1. The maximum Gasteiger partial charge on any atom is 0.302 e. The molecule has 7 nitrogen and oxygen atoms in total. The molecule has 2 amide bonds. The highest BCUT2D eigenvalue weighted by Crippen LogP contribution is 2.34. The van der Waals surface area contributed by atoms with E-state index in [9.17, 15) is 14.0 Å². The summed E-state index contributed by atoms with van der Waals surface area (Å²) in [5.41, 5.74) is 3.03. The van der Waals surface area contributed by atoms with Crippen LogP contribution >= 0.6 is 11.8 Å². The molecule has 2 aromatic carbocycles. The van der Waals surface area contributed by atoms with Crippen molar-refractivity contribution in [1.82, 2.24) is 5.01 Å². The van der Waals surface area contributed by atoms with Gasteiger partial charge < -0.3 is 14.8 Å². The van der Waals surface area contributed by atoms with Gasteiger partial charge in [-0.1, -0.05) is 44.7 Å². The van der Waals surface area contributed by atoms with Gasteiger partial charge in [0.2, 0.25) is 12.8 Å². The number of hydrogen-bond acceptors (Lipinski definition) is 6. The fourth-order valence-electron chi connectivity index (χ4n) is 3.25. The van der Waals surface area contributed by atoms with Gasteiger partial charge in [0.15, 0.2) is 11.5 Å². The number of ether oxygens (including phenoxy) is 2. The lowest BCUT2D eigenvalue weighted by Crippen LogP contribution is -2.34. The summed E-state index contributed by atoms with van der Waals surface area (Å²) in [6, 6.07) is 12.5. The summed E-state index contributed by atoms with van der Waals surface area (Å²) in [6.07, 6.45) is 0.707. The van der Waals surface area contributed by atoms with E-state index < -0.39 is 6.86 Å². The lowest BCUT2D eigenvalue weighted by molar-refractivity contribution is -0.118. The first-order valence-electron chi connectivity index (χ1n) is 10.7. The lowest BCUT2D eigenvalue weighted by atomic mass is 10.0. The van der Waals surface area contributed by atoms with Crippen LogP contribution < -0.4 is 14.8 Å². The van der Waals surface area contributed by atoms with Crippen LogP contribution in [0.2, 0.25) is 0 Å². The van der Waals surface area contributed by atoms with Gasteiger partial charge in [-0.3, -0.25) is 9.59 Å². The highest BCUT2D eigenvalue weighted by Gasteiger charge is 2.30. The van der Waals surface area contributed by atoms with E-state index in [1.54, 1.807) is 24.3 Å². The van der Waals surface area contributed by atoms with Crippen LogP contribution in [0, 0.1) is 5.92 Å². The van der Waals surface area contributed by atoms with Gasteiger partial charge in [0.1, 0.15) is 0 Å². The summed E-state index contributed by atoms with van der Waals surface area (Å²) in [7, 11) is 1.49. The van der Waals surface area contributed by atoms with Gasteiger partial charge in [-0.25, -0.2) is 9.40 Å². The minimum atomic E-state index is -0.976. The number of alkyl halides is 1. The van der Waals surface area contributed by atoms with Crippen LogP contribution in [-0.2, 0) is 11.3 Å². The summed E-state index contributed by atoms with van der Waals surface area (Å²) in [5.74, 6) is 0.537. The number of thioether (sulfide) groups is 1. The number of carbonyl (C=O) groups excluding carboxylic acids is 2. The molecular formula is C24H28FN3O4S. The number of halogens is 1. The molecule has 0 radical (unpaired) electrons. The number of rotatable bonds is 9. The third-order valence-corrected chi connectivity index (χ3v) is 6.36. The highest BCUT2D eigenvalue weighted by molar-refractivity contribution is 8.14. The third kappa shape index (κ3) is 6.04. The Labute approximate surface area is 197 Å². The summed E-state index contributed by atoms with van der Waals surface area (Å²) < 4.78 is 23.1. The molecule has 1 heterocycles. The Kier molecular flexibility index (Phi) is 8.32. The fraction of sp³-hybridized carbons (Fsp3) is 0.375. The monoisotopic (exact) mass is 473 g/mol. The van der Waals surface area contributed by atoms with E-state index in [1.165, 1.54) is 23.9 Å². The molecule has 0 saturated carbocycles. The number of nitrogens with zero attached hydrogens (tertiary/aromatic N) is 2. The predicted molar refractivity (Wildman–Crippen MR) is 129 cm³/mol. The van der Waals surface area contributed by atoms with Crippen LogP contribution in [0.1, 0.15) is 38.3 Å². The van der Waals surface area contributed by atoms with Gasteiger partial charge >= 0.3 is 5.24 Å². The van der Waals surface area contributed by atoms with Gasteiger partial charge in [-0.15, -0.1) is 0 Å². The number of methoxy groups -OCH3 is 1. The molecule has 0 spiro atoms. The molecule has 0 aromatic heterocycles. The molecule has 176 valence electrons. The zero-order valence-electron chi connectivity index (χ0n) is 19.1. The topological polar surface area (TPSA) is 80.2 Å². The maximum atomic E-state index is 12.8. The number of hydrazone groups is 1. The lowest BCUT2D eigenvalue weighted by Gasteiger charge is -2.28. The highest BCUT2D eigenvalue weighted by atomic mass is 32.2. The largest absolute Gasteiger partial charge is 0.493 e. The Morgan fingerprint density at radius 1 is 1.21 bits per heavy atom. The third-order valence-electron chi connectivity index (χ3n) is 5.11. The average molecular weight is 474 g/mol. The van der Waals surface area contributed by atoms with E-state index in [2.05, 4.69) is 10.4 Å². The summed E-state index contributed by atoms with van der Waals surface area (Å²) in [5, 5.41) is 8.65. The Morgan fingerprint density at radius 2 is 1.94 bits per heavy atom. The molecule has 1 aliphatic rings. The number of carbonyl (C=O) groups is 2. The smallest absolute Gasteiger partial charge is 0.302 e. The van der Waals surface area contributed by atoms with Crippen molar-refractivity contribution in [1.29, 1.82) is 0 Å². The van der Waals surface area contributed by atoms with Crippen LogP contribution in [-0.4, -0.2) is 41.1 Å². The molecule has 0 bridgehead atoms. The molecule has 9 heteroatoms. The van der Waals surface area contributed by atoms with E-state index in [1.807, 2.05) is 39.0 Å². The van der Waals surface area contributed by atoms with E-state index in [0.717, 1.165) is 11.1 Å². The van der Waals surface area contributed by atoms with Crippen molar-refractivity contribution in [3.05, 3.63) is 53.6 Å². The maximum absolute atomic E-state index is 12.8. The van der Waals surface area contributed by atoms with Gasteiger partial charge in [-0.2, -0.15) is 5.10 Å². The molecule has 0 saturated heterocycles. The molecule has 2 aromatic rings. The van der Waals surface area contributed by atoms with Crippen LogP contribution in [0.4, 0.5) is 14.9 Å². The number of nitrogens with one attached hydrogen (secondary N) is 1. The number of amides is 2. The quantitative estimate of drug-likeness (QED) is 0.524. The SMILES string of the molecule is CCC1SC(=O)N(Cc2ccc(NC(=O)C(C)C)cc2)N=C1c1ccc(OC)c(OCF)c1. The van der Waals surface area contributed by atoms with Gasteiger partial charge in [0.05, 0.1) is 24.6 Å². The molecule has 1 atom stereocenters. The van der Waals surface area contributed by atoms with E-state index >= 15 is 0 Å². The number of hydrogen-bond donors (Lipinski definition) is 1. The predicted octanol–water partition coefficient (Wildman–Crippen LogP) is 5.45. The second-order valence-electron chi connectivity index (χ2n) is 7.78. The Morgan fingerprint density at radius 3 is 2.55 bits per heavy atom. The van der Waals surface area contributed by atoms with Gasteiger partial charge in [0, 0.05) is 17.2 Å². The Hall–Kier alpha value is -3.07. The van der Waals surface area contributed by atoms with E-state index in [0.29, 0.717) is 23.6 Å². The minimum absolute atomic E-state index is 0.0548. The zero-order valence-corrected chi connectivity index (χ0v) is 19.9. The first kappa shape index (κ1) is 24.6. The van der Waals surface area contributed by atoms with E-state index in [4.69, 9.17) is 9.47 Å². The molecule has 1 N–H and O–H groups in total.